The largest absolute Gasteiger partial charge is 0.294 e. The third-order valence-corrected chi connectivity index (χ3v) is 1.35. The van der Waals surface area contributed by atoms with Crippen molar-refractivity contribution < 1.29 is 38.2 Å². The topological polar surface area (TPSA) is 113 Å². The van der Waals surface area contributed by atoms with Crippen molar-refractivity contribution >= 4 is 5.78 Å². The summed E-state index contributed by atoms with van der Waals surface area (Å²) in [6.45, 7) is 1.56. The van der Waals surface area contributed by atoms with Gasteiger partial charge in [0.25, 0.3) is 0 Å². The summed E-state index contributed by atoms with van der Waals surface area (Å²) in [5.41, 5.74) is 0.755. The second kappa shape index (κ2) is 5.74. The van der Waals surface area contributed by atoms with Crippen LogP contribution in [0.4, 0.5) is 0 Å². The van der Waals surface area contributed by atoms with Crippen LogP contribution in [0.25, 0.3) is 0 Å². The van der Waals surface area contributed by atoms with Crippen LogP contribution in [-0.4, -0.2) is 5.78 Å². The Morgan fingerprint density at radius 1 is 1.33 bits per heavy atom. The Labute approximate surface area is 88.8 Å². The van der Waals surface area contributed by atoms with E-state index in [9.17, 15) is 4.79 Å². The standard InChI is InChI=1S/C8H10NO.ClHO4/c1-7(10)8-4-3-5-9(2)6-8;2-1(3,4)5/h3-6H,1-2H3;(H,2,3,4,5)/q+1;/p-1. The molecular formula is C8H10ClNO5. The number of rotatable bonds is 1. The molecule has 84 valence electrons. The minimum absolute atomic E-state index is 0.108. The molecule has 0 saturated heterocycles. The summed E-state index contributed by atoms with van der Waals surface area (Å²) >= 11 is 0. The highest BCUT2D eigenvalue weighted by molar-refractivity contribution is 5.93. The van der Waals surface area contributed by atoms with Crippen molar-refractivity contribution in [1.82, 2.24) is 0 Å². The quantitative estimate of drug-likeness (QED) is 0.363. The first-order valence-corrected chi connectivity index (χ1v) is 5.01. The number of hydrogen-bond acceptors (Lipinski definition) is 5. The third-order valence-electron chi connectivity index (χ3n) is 1.35. The van der Waals surface area contributed by atoms with Gasteiger partial charge < -0.3 is 0 Å². The molecule has 0 bridgehead atoms. The van der Waals surface area contributed by atoms with Gasteiger partial charge in [0, 0.05) is 6.07 Å². The molecule has 1 aromatic heterocycles. The van der Waals surface area contributed by atoms with Crippen molar-refractivity contribution in [2.45, 2.75) is 6.92 Å². The van der Waals surface area contributed by atoms with Crippen LogP contribution in [-0.2, 0) is 7.05 Å². The zero-order valence-corrected chi connectivity index (χ0v) is 8.93. The maximum Gasteiger partial charge on any atom is 0.179 e. The van der Waals surface area contributed by atoms with Gasteiger partial charge in [0.15, 0.2) is 18.2 Å². The molecule has 0 aliphatic rings. The van der Waals surface area contributed by atoms with Gasteiger partial charge >= 0.3 is 0 Å². The Morgan fingerprint density at radius 2 is 1.80 bits per heavy atom. The molecule has 0 aliphatic heterocycles. The first-order chi connectivity index (χ1) is 6.70. The van der Waals surface area contributed by atoms with Gasteiger partial charge in [-0.2, -0.15) is 0 Å². The molecule has 0 atom stereocenters. The molecule has 0 fully saturated rings. The van der Waals surface area contributed by atoms with E-state index in [2.05, 4.69) is 0 Å². The molecule has 0 amide bonds. The van der Waals surface area contributed by atoms with E-state index >= 15 is 0 Å². The molecule has 15 heavy (non-hydrogen) atoms. The van der Waals surface area contributed by atoms with E-state index < -0.39 is 10.2 Å². The number of ketones is 1. The van der Waals surface area contributed by atoms with Crippen LogP contribution in [0.3, 0.4) is 0 Å². The zero-order valence-electron chi connectivity index (χ0n) is 8.18. The van der Waals surface area contributed by atoms with Gasteiger partial charge in [0.2, 0.25) is 0 Å². The summed E-state index contributed by atoms with van der Waals surface area (Å²) in [4.78, 5) is 10.8. The van der Waals surface area contributed by atoms with E-state index in [1.165, 1.54) is 0 Å². The van der Waals surface area contributed by atoms with Crippen molar-refractivity contribution in [3.63, 3.8) is 0 Å². The summed E-state index contributed by atoms with van der Waals surface area (Å²) in [7, 11) is -3.05. The van der Waals surface area contributed by atoms with Crippen molar-refractivity contribution in [3.8, 4) is 0 Å². The lowest BCUT2D eigenvalue weighted by Crippen LogP contribution is -2.68. The maximum absolute atomic E-state index is 10.8. The molecule has 6 nitrogen and oxygen atoms in total. The Bertz CT molecular complexity index is 330. The number of carbonyl (C=O) groups excluding carboxylic acids is 1. The van der Waals surface area contributed by atoms with Crippen LogP contribution in [0, 0.1) is 10.2 Å². The second-order valence-electron chi connectivity index (χ2n) is 2.69. The van der Waals surface area contributed by atoms with Crippen LogP contribution in [0.2, 0.25) is 0 Å². The number of Topliss-reactive ketones (excluding diaryl/α,β-unsaturated/α-hetero) is 1. The van der Waals surface area contributed by atoms with Gasteiger partial charge in [0.1, 0.15) is 7.05 Å². The lowest BCUT2D eigenvalue weighted by Gasteiger charge is -2.17. The number of pyridine rings is 1. The Morgan fingerprint density at radius 3 is 2.07 bits per heavy atom. The summed E-state index contributed by atoms with van der Waals surface area (Å²) < 4.78 is 35.8. The predicted molar refractivity (Wildman–Crippen MR) is 37.6 cm³/mol. The highest BCUT2D eigenvalue weighted by atomic mass is 35.7. The van der Waals surface area contributed by atoms with E-state index in [1.807, 2.05) is 36.1 Å². The van der Waals surface area contributed by atoms with Crippen LogP contribution in [0.15, 0.2) is 24.5 Å². The Hall–Kier alpha value is -1.05. The lowest BCUT2D eigenvalue weighted by atomic mass is 10.2. The van der Waals surface area contributed by atoms with Gasteiger partial charge in [-0.15, -0.1) is 10.2 Å². The van der Waals surface area contributed by atoms with E-state index in [0.29, 0.717) is 0 Å². The fourth-order valence-corrected chi connectivity index (χ4v) is 0.796. The first kappa shape index (κ1) is 13.9. The minimum atomic E-state index is -4.94. The highest BCUT2D eigenvalue weighted by Gasteiger charge is 2.01. The average molecular weight is 236 g/mol. The molecule has 0 N–H and O–H groups in total. The van der Waals surface area contributed by atoms with E-state index in [0.717, 1.165) is 5.56 Å². The number of carbonyl (C=O) groups is 1. The Kier molecular flexibility index (Phi) is 5.34. The molecule has 0 unspecified atom stereocenters. The van der Waals surface area contributed by atoms with Gasteiger partial charge in [-0.3, -0.25) is 4.79 Å². The fraction of sp³-hybridized carbons (Fsp3) is 0.250. The molecule has 0 radical (unpaired) electrons. The zero-order chi connectivity index (χ0) is 12.1. The minimum Gasteiger partial charge on any atom is -0.294 e. The van der Waals surface area contributed by atoms with E-state index in [-0.39, 0.29) is 5.78 Å². The molecule has 0 spiro atoms. The van der Waals surface area contributed by atoms with Gasteiger partial charge in [-0.1, -0.05) is 0 Å². The normalized spacial score (nSPS) is 10.3. The molecular weight excluding hydrogens is 226 g/mol. The lowest BCUT2D eigenvalue weighted by molar-refractivity contribution is -2.00. The van der Waals surface area contributed by atoms with Gasteiger partial charge in [0.05, 0.1) is 5.56 Å². The summed E-state index contributed by atoms with van der Waals surface area (Å²) in [5.74, 6) is 0.108. The van der Waals surface area contributed by atoms with Crippen molar-refractivity contribution in [3.05, 3.63) is 30.1 Å². The van der Waals surface area contributed by atoms with Crippen LogP contribution in [0.1, 0.15) is 17.3 Å². The molecule has 0 saturated carbocycles. The summed E-state index contributed by atoms with van der Waals surface area (Å²) in [5, 5.41) is 0. The molecule has 7 heteroatoms. The van der Waals surface area contributed by atoms with Crippen molar-refractivity contribution in [1.29, 1.82) is 0 Å². The van der Waals surface area contributed by atoms with Crippen LogP contribution >= 0.6 is 0 Å². The van der Waals surface area contributed by atoms with Crippen molar-refractivity contribution in [2.75, 3.05) is 0 Å². The van der Waals surface area contributed by atoms with Gasteiger partial charge in [-0.25, -0.2) is 23.2 Å². The number of hydrogen-bond donors (Lipinski definition) is 0. The van der Waals surface area contributed by atoms with E-state index in [4.69, 9.17) is 18.6 Å². The predicted octanol–water partition coefficient (Wildman–Crippen LogP) is -4.04. The maximum atomic E-state index is 10.8. The SMILES string of the molecule is CC(=O)c1ccc[n+](C)c1.[O-][Cl+3]([O-])([O-])[O-]. The number of nitrogens with zero attached hydrogens (tertiary/aromatic N) is 1. The fourth-order valence-electron chi connectivity index (χ4n) is 0.796. The summed E-state index contributed by atoms with van der Waals surface area (Å²) in [6.07, 6.45) is 3.70. The Balaban J connectivity index is 0.000000336. The first-order valence-electron chi connectivity index (χ1n) is 3.78. The van der Waals surface area contributed by atoms with Crippen LogP contribution < -0.4 is 23.2 Å². The smallest absolute Gasteiger partial charge is 0.179 e. The number of halogens is 1. The molecule has 1 aromatic rings. The third kappa shape index (κ3) is 9.26. The van der Waals surface area contributed by atoms with Gasteiger partial charge in [-0.05, 0) is 13.0 Å². The summed E-state index contributed by atoms with van der Waals surface area (Å²) in [6, 6.07) is 3.67. The number of aromatic nitrogens is 1. The molecule has 0 aromatic carbocycles. The average Bonchev–Trinajstić information content (AvgIpc) is 2.00. The van der Waals surface area contributed by atoms with E-state index in [1.54, 1.807) is 6.92 Å². The number of aryl methyl sites for hydroxylation is 1. The highest BCUT2D eigenvalue weighted by Crippen LogP contribution is 1.93. The monoisotopic (exact) mass is 235 g/mol. The molecule has 1 heterocycles. The van der Waals surface area contributed by atoms with Crippen LogP contribution in [0.5, 0.6) is 0 Å². The second-order valence-corrected chi connectivity index (χ2v) is 3.45. The molecule has 0 aliphatic carbocycles. The molecule has 1 rings (SSSR count). The van der Waals surface area contributed by atoms with Crippen molar-refractivity contribution in [2.24, 2.45) is 7.05 Å².